The van der Waals surface area contributed by atoms with Crippen molar-refractivity contribution in [2.24, 2.45) is 5.41 Å². The molecule has 1 amide bonds. The third kappa shape index (κ3) is 7.45. The van der Waals surface area contributed by atoms with Crippen LogP contribution in [-0.2, 0) is 16.2 Å². The number of likely N-dealkylation sites (tertiary alicyclic amines) is 1. The second-order valence-electron chi connectivity index (χ2n) is 12.0. The molecule has 1 saturated heterocycles. The molecule has 0 aliphatic carbocycles. The van der Waals surface area contributed by atoms with E-state index >= 15 is 0 Å². The lowest BCUT2D eigenvalue weighted by Gasteiger charge is -2.39. The minimum Gasteiger partial charge on any atom is -0.492 e. The fourth-order valence-electron chi connectivity index (χ4n) is 3.98. The van der Waals surface area contributed by atoms with Gasteiger partial charge in [0.25, 0.3) is 0 Å². The maximum atomic E-state index is 12.4. The molecular weight excluding hydrogens is 460 g/mol. The van der Waals surface area contributed by atoms with Gasteiger partial charge in [-0.2, -0.15) is 5.26 Å². The molecule has 0 saturated carbocycles. The maximum absolute atomic E-state index is 12.4. The molecule has 35 heavy (non-hydrogen) atoms. The van der Waals surface area contributed by atoms with E-state index in [0.29, 0.717) is 50.0 Å². The molecule has 1 aliphatic heterocycles. The van der Waals surface area contributed by atoms with Crippen LogP contribution in [0.15, 0.2) is 18.5 Å². The smallest absolute Gasteiger partial charge is 0.410 e. The third-order valence-electron chi connectivity index (χ3n) is 6.26. The van der Waals surface area contributed by atoms with Crippen molar-refractivity contribution in [3.05, 3.63) is 24.0 Å². The summed E-state index contributed by atoms with van der Waals surface area (Å²) >= 11 is 0. The number of nitriles is 1. The van der Waals surface area contributed by atoms with Gasteiger partial charge in [0.2, 0.25) is 0 Å². The highest BCUT2D eigenvalue weighted by atomic mass is 28.3. The molecule has 0 atom stereocenters. The largest absolute Gasteiger partial charge is 0.492 e. The number of fused-ring (bicyclic) bond motifs is 1. The van der Waals surface area contributed by atoms with Gasteiger partial charge in [-0.3, -0.25) is 0 Å². The number of amides is 1. The molecule has 0 radical (unpaired) electrons. The van der Waals surface area contributed by atoms with E-state index in [1.54, 1.807) is 17.3 Å². The number of carbonyl (C=O) groups excluding carboxylic acids is 1. The van der Waals surface area contributed by atoms with Crippen molar-refractivity contribution in [2.45, 2.75) is 78.6 Å². The van der Waals surface area contributed by atoms with Crippen molar-refractivity contribution in [3.63, 3.8) is 0 Å². The molecule has 1 aliphatic rings. The Morgan fingerprint density at radius 1 is 1.26 bits per heavy atom. The topological polar surface area (TPSA) is 89.6 Å². The van der Waals surface area contributed by atoms with Crippen molar-refractivity contribution in [1.29, 1.82) is 5.26 Å². The number of nitrogens with zero attached hydrogens (tertiary/aromatic N) is 4. The predicted octanol–water partition coefficient (Wildman–Crippen LogP) is 5.64. The lowest BCUT2D eigenvalue weighted by atomic mass is 9.81. The molecular formula is C26H40N4O4Si. The van der Waals surface area contributed by atoms with Crippen LogP contribution in [0.3, 0.4) is 0 Å². The van der Waals surface area contributed by atoms with Gasteiger partial charge in [-0.25, -0.2) is 9.78 Å². The summed E-state index contributed by atoms with van der Waals surface area (Å²) in [5.74, 6) is 0.656. The maximum Gasteiger partial charge on any atom is 0.410 e. The molecule has 192 valence electrons. The van der Waals surface area contributed by atoms with Crippen LogP contribution in [0.5, 0.6) is 5.75 Å². The van der Waals surface area contributed by atoms with E-state index in [2.05, 4.69) is 37.6 Å². The van der Waals surface area contributed by atoms with Gasteiger partial charge in [0.05, 0.1) is 17.6 Å². The number of pyridine rings is 1. The molecule has 2 aromatic rings. The lowest BCUT2D eigenvalue weighted by Crippen LogP contribution is -2.46. The van der Waals surface area contributed by atoms with Gasteiger partial charge in [0.15, 0.2) is 0 Å². The molecule has 9 heteroatoms. The van der Waals surface area contributed by atoms with Crippen LogP contribution in [0.4, 0.5) is 4.79 Å². The van der Waals surface area contributed by atoms with Gasteiger partial charge in [-0.1, -0.05) is 26.6 Å². The molecule has 3 heterocycles. The summed E-state index contributed by atoms with van der Waals surface area (Å²) in [5.41, 5.74) is 0.643. The number of carbonyl (C=O) groups is 1. The summed E-state index contributed by atoms with van der Waals surface area (Å²) in [6, 6.07) is 5.19. The number of hydrogen-bond donors (Lipinski definition) is 0. The lowest BCUT2D eigenvalue weighted by molar-refractivity contribution is 0.00602. The SMILES string of the molecule is CC1(COc2ccnc3c2c(C#N)cn3COCC[Si](C)(C)C)CCN(C(=O)OC(C)(C)C)CC1. The highest BCUT2D eigenvalue weighted by Crippen LogP contribution is 2.35. The zero-order valence-corrected chi connectivity index (χ0v) is 23.3. The standard InChI is InChI=1S/C26H40N4O4Si/c1-25(2,3)34-24(31)29-12-9-26(4,10-13-29)18-33-21-8-11-28-23-22(21)20(16-27)17-30(23)19-32-14-15-35(5,6)7/h8,11,17H,9-10,12-15,18-19H2,1-7H3. The molecule has 0 N–H and O–H groups in total. The van der Waals surface area contributed by atoms with Crippen LogP contribution in [0.2, 0.25) is 25.7 Å². The number of piperidine rings is 1. The van der Waals surface area contributed by atoms with E-state index in [1.165, 1.54) is 0 Å². The zero-order valence-electron chi connectivity index (χ0n) is 22.3. The van der Waals surface area contributed by atoms with Crippen molar-refractivity contribution >= 4 is 25.2 Å². The van der Waals surface area contributed by atoms with E-state index in [-0.39, 0.29) is 11.5 Å². The molecule has 3 rings (SSSR count). The molecule has 0 unspecified atom stereocenters. The van der Waals surface area contributed by atoms with Crippen molar-refractivity contribution in [1.82, 2.24) is 14.5 Å². The Morgan fingerprint density at radius 2 is 1.94 bits per heavy atom. The van der Waals surface area contributed by atoms with E-state index in [4.69, 9.17) is 14.2 Å². The van der Waals surface area contributed by atoms with Crippen molar-refractivity contribution in [3.8, 4) is 11.8 Å². The Labute approximate surface area is 210 Å². The van der Waals surface area contributed by atoms with Gasteiger partial charge >= 0.3 is 6.09 Å². The average Bonchev–Trinajstić information content (AvgIpc) is 3.12. The van der Waals surface area contributed by atoms with Crippen LogP contribution in [0, 0.1) is 16.7 Å². The highest BCUT2D eigenvalue weighted by molar-refractivity contribution is 6.76. The zero-order chi connectivity index (χ0) is 25.9. The quantitative estimate of drug-likeness (QED) is 0.344. The minimum absolute atomic E-state index is 0.0799. The Balaban J connectivity index is 1.65. The van der Waals surface area contributed by atoms with Crippen LogP contribution < -0.4 is 4.74 Å². The summed E-state index contributed by atoms with van der Waals surface area (Å²) in [7, 11) is -1.17. The van der Waals surface area contributed by atoms with Crippen molar-refractivity contribution < 1.29 is 19.0 Å². The molecule has 0 spiro atoms. The predicted molar refractivity (Wildman–Crippen MR) is 139 cm³/mol. The van der Waals surface area contributed by atoms with Crippen LogP contribution in [0.1, 0.15) is 46.1 Å². The number of hydrogen-bond acceptors (Lipinski definition) is 6. The van der Waals surface area contributed by atoms with Crippen LogP contribution in [0.25, 0.3) is 11.0 Å². The summed E-state index contributed by atoms with van der Waals surface area (Å²) in [6.07, 6.45) is 4.88. The normalized spacial score (nSPS) is 16.2. The third-order valence-corrected chi connectivity index (χ3v) is 7.97. The number of rotatable bonds is 8. The summed E-state index contributed by atoms with van der Waals surface area (Å²) in [6.45, 7) is 17.6. The van der Waals surface area contributed by atoms with E-state index < -0.39 is 13.7 Å². The summed E-state index contributed by atoms with van der Waals surface area (Å²) < 4.78 is 19.6. The molecule has 1 fully saturated rings. The van der Waals surface area contributed by atoms with Crippen molar-refractivity contribution in [2.75, 3.05) is 26.3 Å². The van der Waals surface area contributed by atoms with E-state index in [0.717, 1.165) is 24.3 Å². The molecule has 8 nitrogen and oxygen atoms in total. The van der Waals surface area contributed by atoms with Crippen LogP contribution in [-0.4, -0.2) is 60.5 Å². The fourth-order valence-corrected chi connectivity index (χ4v) is 4.74. The summed E-state index contributed by atoms with van der Waals surface area (Å²) in [4.78, 5) is 18.7. The first-order valence-electron chi connectivity index (χ1n) is 12.4. The van der Waals surface area contributed by atoms with Gasteiger partial charge in [0.1, 0.15) is 29.8 Å². The average molecular weight is 501 g/mol. The number of ether oxygens (including phenoxy) is 3. The first-order chi connectivity index (χ1) is 16.3. The van der Waals surface area contributed by atoms with Crippen LogP contribution >= 0.6 is 0 Å². The first-order valence-corrected chi connectivity index (χ1v) is 16.1. The Morgan fingerprint density at radius 3 is 2.54 bits per heavy atom. The minimum atomic E-state index is -1.17. The summed E-state index contributed by atoms with van der Waals surface area (Å²) in [5, 5.41) is 10.5. The Hall–Kier alpha value is -2.57. The highest BCUT2D eigenvalue weighted by Gasteiger charge is 2.34. The van der Waals surface area contributed by atoms with Gasteiger partial charge in [-0.05, 0) is 45.7 Å². The van der Waals surface area contributed by atoms with Gasteiger partial charge in [0, 0.05) is 45.6 Å². The second kappa shape index (κ2) is 10.6. The van der Waals surface area contributed by atoms with E-state index in [9.17, 15) is 10.1 Å². The Kier molecular flexibility index (Phi) is 8.17. The second-order valence-corrected chi connectivity index (χ2v) is 17.7. The monoisotopic (exact) mass is 500 g/mol. The van der Waals surface area contributed by atoms with E-state index in [1.807, 2.05) is 31.4 Å². The first kappa shape index (κ1) is 27.0. The molecule has 2 aromatic heterocycles. The Bertz CT molecular complexity index is 1070. The van der Waals surface area contributed by atoms with Gasteiger partial charge in [-0.15, -0.1) is 0 Å². The molecule has 0 aromatic carbocycles. The molecule has 0 bridgehead atoms. The van der Waals surface area contributed by atoms with Gasteiger partial charge < -0.3 is 23.7 Å². The fraction of sp³-hybridized carbons (Fsp3) is 0.654. The number of aromatic nitrogens is 2.